The largest absolute Gasteiger partial charge is 0.378 e. The summed E-state index contributed by atoms with van der Waals surface area (Å²) in [6.45, 7) is 3.90. The molecule has 2 aliphatic heterocycles. The first-order valence-corrected chi connectivity index (χ1v) is 6.71. The molecule has 0 N–H and O–H groups in total. The summed E-state index contributed by atoms with van der Waals surface area (Å²) in [5.74, 6) is 0.554. The van der Waals surface area contributed by atoms with Gasteiger partial charge in [-0.25, -0.2) is 0 Å². The lowest BCUT2D eigenvalue weighted by molar-refractivity contribution is -0.0132. The van der Waals surface area contributed by atoms with E-state index in [4.69, 9.17) is 9.47 Å². The molecule has 0 aromatic heterocycles. The quantitative estimate of drug-likeness (QED) is 0.794. The molecule has 3 atom stereocenters. The van der Waals surface area contributed by atoms with Crippen molar-refractivity contribution >= 4 is 0 Å². The van der Waals surface area contributed by atoms with Crippen molar-refractivity contribution in [1.29, 1.82) is 0 Å². The molecular weight excluding hydrogens is 212 g/mol. The minimum Gasteiger partial charge on any atom is -0.378 e. The Bertz CT molecular complexity index is 388. The standard InChI is InChI=1S/C15H20O2/c1-2-5-14-13(8-9-16-14)15-12-7-4-3-6-11(12)10-17-15/h3-4,6-7,13-15H,2,5,8-10H2,1H3/t13-,14+,15+/m1/s1. The molecule has 1 fully saturated rings. The lowest BCUT2D eigenvalue weighted by atomic mass is 9.88. The van der Waals surface area contributed by atoms with E-state index in [1.54, 1.807) is 0 Å². The Hall–Kier alpha value is -0.860. The molecule has 17 heavy (non-hydrogen) atoms. The lowest BCUT2D eigenvalue weighted by Gasteiger charge is -2.24. The summed E-state index contributed by atoms with van der Waals surface area (Å²) in [5, 5.41) is 0. The molecular formula is C15H20O2. The maximum atomic E-state index is 6.00. The maximum absolute atomic E-state index is 6.00. The van der Waals surface area contributed by atoms with Gasteiger partial charge in [-0.3, -0.25) is 0 Å². The molecule has 2 nitrogen and oxygen atoms in total. The van der Waals surface area contributed by atoms with Crippen LogP contribution in [0.15, 0.2) is 24.3 Å². The number of fused-ring (bicyclic) bond motifs is 1. The van der Waals surface area contributed by atoms with Crippen molar-refractivity contribution in [3.05, 3.63) is 35.4 Å². The Morgan fingerprint density at radius 2 is 2.12 bits per heavy atom. The van der Waals surface area contributed by atoms with Crippen LogP contribution in [0.3, 0.4) is 0 Å². The Morgan fingerprint density at radius 3 is 3.00 bits per heavy atom. The highest BCUT2D eigenvalue weighted by Crippen LogP contribution is 2.42. The van der Waals surface area contributed by atoms with Gasteiger partial charge < -0.3 is 9.47 Å². The van der Waals surface area contributed by atoms with Crippen molar-refractivity contribution in [2.24, 2.45) is 5.92 Å². The summed E-state index contributed by atoms with van der Waals surface area (Å²) in [5.41, 5.74) is 2.75. The van der Waals surface area contributed by atoms with Crippen LogP contribution < -0.4 is 0 Å². The average Bonchev–Trinajstić information content (AvgIpc) is 2.95. The summed E-state index contributed by atoms with van der Waals surface area (Å²) >= 11 is 0. The van der Waals surface area contributed by atoms with Gasteiger partial charge in [-0.2, -0.15) is 0 Å². The minimum absolute atomic E-state index is 0.269. The number of benzene rings is 1. The molecule has 0 bridgehead atoms. The van der Waals surface area contributed by atoms with Crippen LogP contribution in [0.4, 0.5) is 0 Å². The van der Waals surface area contributed by atoms with Gasteiger partial charge in [-0.05, 0) is 24.0 Å². The van der Waals surface area contributed by atoms with Gasteiger partial charge in [0.2, 0.25) is 0 Å². The topological polar surface area (TPSA) is 18.5 Å². The summed E-state index contributed by atoms with van der Waals surface area (Å²) < 4.78 is 11.9. The zero-order valence-electron chi connectivity index (χ0n) is 10.4. The number of hydrogen-bond acceptors (Lipinski definition) is 2. The number of rotatable bonds is 3. The fraction of sp³-hybridized carbons (Fsp3) is 0.600. The summed E-state index contributed by atoms with van der Waals surface area (Å²) in [7, 11) is 0. The van der Waals surface area contributed by atoms with Gasteiger partial charge in [-0.15, -0.1) is 0 Å². The summed E-state index contributed by atoms with van der Waals surface area (Å²) in [6.07, 6.45) is 4.16. The highest BCUT2D eigenvalue weighted by molar-refractivity contribution is 5.32. The molecule has 0 radical (unpaired) electrons. The van der Waals surface area contributed by atoms with E-state index in [2.05, 4.69) is 31.2 Å². The fourth-order valence-corrected chi connectivity index (χ4v) is 3.16. The molecule has 1 aromatic rings. The number of hydrogen-bond donors (Lipinski definition) is 0. The highest BCUT2D eigenvalue weighted by Gasteiger charge is 2.38. The molecule has 1 aromatic carbocycles. The Labute approximate surface area is 103 Å². The Balaban J connectivity index is 1.81. The van der Waals surface area contributed by atoms with Crippen LogP contribution in [-0.2, 0) is 16.1 Å². The van der Waals surface area contributed by atoms with E-state index in [-0.39, 0.29) is 6.10 Å². The summed E-state index contributed by atoms with van der Waals surface area (Å²) in [4.78, 5) is 0. The fourth-order valence-electron chi connectivity index (χ4n) is 3.16. The highest BCUT2D eigenvalue weighted by atomic mass is 16.5. The summed E-state index contributed by atoms with van der Waals surface area (Å²) in [6, 6.07) is 8.61. The van der Waals surface area contributed by atoms with Crippen LogP contribution in [0.1, 0.15) is 43.4 Å². The minimum atomic E-state index is 0.269. The van der Waals surface area contributed by atoms with Crippen molar-refractivity contribution in [2.45, 2.75) is 45.0 Å². The molecule has 0 aliphatic carbocycles. The van der Waals surface area contributed by atoms with Gasteiger partial charge in [-0.1, -0.05) is 37.6 Å². The van der Waals surface area contributed by atoms with Crippen molar-refractivity contribution < 1.29 is 9.47 Å². The van der Waals surface area contributed by atoms with Gasteiger partial charge >= 0.3 is 0 Å². The normalized spacial score (nSPS) is 31.7. The van der Waals surface area contributed by atoms with Gasteiger partial charge in [0.25, 0.3) is 0 Å². The predicted molar refractivity (Wildman–Crippen MR) is 66.7 cm³/mol. The van der Waals surface area contributed by atoms with E-state index in [0.29, 0.717) is 12.0 Å². The van der Waals surface area contributed by atoms with Crippen LogP contribution in [0.25, 0.3) is 0 Å². The zero-order chi connectivity index (χ0) is 11.7. The van der Waals surface area contributed by atoms with Gasteiger partial charge in [0.1, 0.15) is 0 Å². The van der Waals surface area contributed by atoms with E-state index in [1.807, 2.05) is 0 Å². The van der Waals surface area contributed by atoms with Gasteiger partial charge in [0.15, 0.2) is 0 Å². The zero-order valence-corrected chi connectivity index (χ0v) is 10.4. The SMILES string of the molecule is CCC[C@@H]1OCC[C@H]1[C@H]1OCc2ccccc21. The molecule has 2 heteroatoms. The average molecular weight is 232 g/mol. The van der Waals surface area contributed by atoms with E-state index < -0.39 is 0 Å². The van der Waals surface area contributed by atoms with Gasteiger partial charge in [0.05, 0.1) is 18.8 Å². The first kappa shape index (κ1) is 11.2. The smallest absolute Gasteiger partial charge is 0.0886 e. The second-order valence-corrected chi connectivity index (χ2v) is 5.08. The van der Waals surface area contributed by atoms with Gasteiger partial charge in [0, 0.05) is 12.5 Å². The molecule has 2 aliphatic rings. The molecule has 0 saturated carbocycles. The van der Waals surface area contributed by atoms with Crippen LogP contribution in [0, 0.1) is 5.92 Å². The van der Waals surface area contributed by atoms with Crippen LogP contribution >= 0.6 is 0 Å². The number of ether oxygens (including phenoxy) is 2. The van der Waals surface area contributed by atoms with Crippen LogP contribution in [0.5, 0.6) is 0 Å². The second-order valence-electron chi connectivity index (χ2n) is 5.08. The van der Waals surface area contributed by atoms with Crippen LogP contribution in [-0.4, -0.2) is 12.7 Å². The van der Waals surface area contributed by atoms with E-state index >= 15 is 0 Å². The second kappa shape index (κ2) is 4.79. The lowest BCUT2D eigenvalue weighted by Crippen LogP contribution is -2.22. The van der Waals surface area contributed by atoms with Crippen LogP contribution in [0.2, 0.25) is 0 Å². The maximum Gasteiger partial charge on any atom is 0.0886 e. The predicted octanol–water partition coefficient (Wildman–Crippen LogP) is 3.46. The third-order valence-electron chi connectivity index (χ3n) is 4.00. The van der Waals surface area contributed by atoms with E-state index in [0.717, 1.165) is 26.1 Å². The monoisotopic (exact) mass is 232 g/mol. The molecule has 0 amide bonds. The van der Waals surface area contributed by atoms with E-state index in [9.17, 15) is 0 Å². The third-order valence-corrected chi connectivity index (χ3v) is 4.00. The van der Waals surface area contributed by atoms with Crippen molar-refractivity contribution in [3.8, 4) is 0 Å². The van der Waals surface area contributed by atoms with Crippen molar-refractivity contribution in [3.63, 3.8) is 0 Å². The van der Waals surface area contributed by atoms with Crippen molar-refractivity contribution in [1.82, 2.24) is 0 Å². The molecule has 1 saturated heterocycles. The molecule has 92 valence electrons. The molecule has 0 spiro atoms. The molecule has 3 rings (SSSR count). The molecule has 2 heterocycles. The first-order valence-electron chi connectivity index (χ1n) is 6.71. The Kier molecular flexibility index (Phi) is 3.17. The third kappa shape index (κ3) is 2.00. The molecule has 0 unspecified atom stereocenters. The van der Waals surface area contributed by atoms with Crippen molar-refractivity contribution in [2.75, 3.05) is 6.61 Å². The Morgan fingerprint density at radius 1 is 1.24 bits per heavy atom. The first-order chi connectivity index (χ1) is 8.40. The van der Waals surface area contributed by atoms with E-state index in [1.165, 1.54) is 17.5 Å².